The smallest absolute Gasteiger partial charge is 0.252 e. The first-order chi connectivity index (χ1) is 8.29. The first kappa shape index (κ1) is 11.2. The van der Waals surface area contributed by atoms with Crippen molar-refractivity contribution in [3.05, 3.63) is 45.2 Å². The van der Waals surface area contributed by atoms with Crippen molar-refractivity contribution >= 4 is 34.3 Å². The highest BCUT2D eigenvalue weighted by molar-refractivity contribution is 7.98. The van der Waals surface area contributed by atoms with E-state index in [0.717, 1.165) is 40.0 Å². The summed E-state index contributed by atoms with van der Waals surface area (Å²) in [5, 5.41) is 1.16. The molecule has 2 aromatic rings. The predicted octanol–water partition coefficient (Wildman–Crippen LogP) is 3.06. The summed E-state index contributed by atoms with van der Waals surface area (Å²) in [4.78, 5) is 14.9. The van der Waals surface area contributed by atoms with Gasteiger partial charge < -0.3 is 4.98 Å². The first-order valence-corrected chi connectivity index (χ1v) is 7.29. The van der Waals surface area contributed by atoms with E-state index in [4.69, 9.17) is 11.6 Å². The first-order valence-electron chi connectivity index (χ1n) is 5.60. The molecular formula is C13H12ClNOS. The summed E-state index contributed by atoms with van der Waals surface area (Å²) in [5.74, 6) is 2.43. The highest BCUT2D eigenvalue weighted by atomic mass is 35.5. The second kappa shape index (κ2) is 4.39. The maximum absolute atomic E-state index is 11.9. The van der Waals surface area contributed by atoms with Crippen LogP contribution in [0.3, 0.4) is 0 Å². The lowest BCUT2D eigenvalue weighted by Crippen LogP contribution is -2.18. The van der Waals surface area contributed by atoms with Crippen LogP contribution in [0.5, 0.6) is 0 Å². The number of aromatic amines is 1. The van der Waals surface area contributed by atoms with Crippen molar-refractivity contribution in [2.75, 3.05) is 5.75 Å². The lowest BCUT2D eigenvalue weighted by molar-refractivity contribution is 1.06. The molecule has 2 heterocycles. The molecule has 0 radical (unpaired) electrons. The van der Waals surface area contributed by atoms with Crippen LogP contribution in [0.4, 0.5) is 0 Å². The molecule has 1 aliphatic heterocycles. The molecule has 1 aliphatic rings. The molecule has 3 rings (SSSR count). The summed E-state index contributed by atoms with van der Waals surface area (Å²) in [6.45, 7) is 0. The van der Waals surface area contributed by atoms with Crippen LogP contribution in [0.1, 0.15) is 16.7 Å². The van der Waals surface area contributed by atoms with E-state index in [1.165, 1.54) is 5.56 Å². The summed E-state index contributed by atoms with van der Waals surface area (Å²) in [5.41, 5.74) is 4.26. The van der Waals surface area contributed by atoms with Gasteiger partial charge in [0.1, 0.15) is 0 Å². The Labute approximate surface area is 108 Å². The van der Waals surface area contributed by atoms with Crippen molar-refractivity contribution in [1.29, 1.82) is 0 Å². The van der Waals surface area contributed by atoms with Gasteiger partial charge in [0.15, 0.2) is 0 Å². The van der Waals surface area contributed by atoms with E-state index in [0.29, 0.717) is 5.88 Å². The van der Waals surface area contributed by atoms with Crippen molar-refractivity contribution in [1.82, 2.24) is 4.98 Å². The lowest BCUT2D eigenvalue weighted by atomic mass is 10.00. The summed E-state index contributed by atoms with van der Waals surface area (Å²) in [6.07, 6.45) is 0.978. The monoisotopic (exact) mass is 265 g/mol. The average Bonchev–Trinajstić information content (AvgIpc) is 2.39. The molecule has 0 saturated carbocycles. The van der Waals surface area contributed by atoms with Crippen LogP contribution < -0.4 is 5.56 Å². The largest absolute Gasteiger partial charge is 0.322 e. The molecule has 0 aliphatic carbocycles. The second-order valence-corrected chi connectivity index (χ2v) is 5.60. The average molecular weight is 266 g/mol. The Morgan fingerprint density at radius 2 is 2.24 bits per heavy atom. The number of hydrogen-bond donors (Lipinski definition) is 1. The molecule has 1 N–H and O–H groups in total. The van der Waals surface area contributed by atoms with E-state index >= 15 is 0 Å². The van der Waals surface area contributed by atoms with Gasteiger partial charge in [0, 0.05) is 28.1 Å². The number of aryl methyl sites for hydroxylation is 1. The van der Waals surface area contributed by atoms with Crippen molar-refractivity contribution in [3.63, 3.8) is 0 Å². The minimum atomic E-state index is 0.0679. The zero-order valence-electron chi connectivity index (χ0n) is 9.25. The normalized spacial score (nSPS) is 14.9. The zero-order chi connectivity index (χ0) is 11.8. The van der Waals surface area contributed by atoms with Gasteiger partial charge in [0.05, 0.1) is 0 Å². The van der Waals surface area contributed by atoms with Gasteiger partial charge in [0.25, 0.3) is 5.56 Å². The maximum atomic E-state index is 11.9. The molecule has 0 spiro atoms. The van der Waals surface area contributed by atoms with Crippen LogP contribution in [0.25, 0.3) is 10.9 Å². The third-order valence-corrected chi connectivity index (χ3v) is 4.49. The Balaban J connectivity index is 2.36. The minimum Gasteiger partial charge on any atom is -0.322 e. The molecule has 88 valence electrons. The number of fused-ring (bicyclic) bond motifs is 3. The Bertz CT molecular complexity index is 635. The van der Waals surface area contributed by atoms with Gasteiger partial charge in [0.2, 0.25) is 0 Å². The van der Waals surface area contributed by atoms with Gasteiger partial charge >= 0.3 is 0 Å². The van der Waals surface area contributed by atoms with E-state index in [1.54, 1.807) is 0 Å². The van der Waals surface area contributed by atoms with Crippen molar-refractivity contribution in [2.45, 2.75) is 18.1 Å². The van der Waals surface area contributed by atoms with Gasteiger partial charge in [-0.15, -0.1) is 11.6 Å². The molecular weight excluding hydrogens is 254 g/mol. The van der Waals surface area contributed by atoms with Crippen LogP contribution >= 0.6 is 23.4 Å². The number of aromatic nitrogens is 1. The number of benzene rings is 1. The Hall–Kier alpha value is -0.930. The van der Waals surface area contributed by atoms with Crippen LogP contribution in [0, 0.1) is 0 Å². The number of nitrogens with one attached hydrogen (secondary N) is 1. The third-order valence-electron chi connectivity index (χ3n) is 3.19. The second-order valence-electron chi connectivity index (χ2n) is 4.23. The van der Waals surface area contributed by atoms with Gasteiger partial charge in [-0.2, -0.15) is 11.8 Å². The molecule has 17 heavy (non-hydrogen) atoms. The van der Waals surface area contributed by atoms with Crippen molar-refractivity contribution < 1.29 is 0 Å². The summed E-state index contributed by atoms with van der Waals surface area (Å²) in [6, 6.07) is 6.03. The summed E-state index contributed by atoms with van der Waals surface area (Å²) < 4.78 is 0. The molecule has 0 saturated heterocycles. The Morgan fingerprint density at radius 1 is 1.35 bits per heavy atom. The van der Waals surface area contributed by atoms with Crippen LogP contribution in [-0.4, -0.2) is 10.7 Å². The van der Waals surface area contributed by atoms with Crippen LogP contribution in [0.2, 0.25) is 0 Å². The van der Waals surface area contributed by atoms with Gasteiger partial charge in [-0.25, -0.2) is 0 Å². The zero-order valence-corrected chi connectivity index (χ0v) is 10.8. The number of halogens is 1. The van der Waals surface area contributed by atoms with Gasteiger partial charge in [-0.1, -0.05) is 6.07 Å². The molecule has 0 unspecified atom stereocenters. The maximum Gasteiger partial charge on any atom is 0.252 e. The molecule has 0 bridgehead atoms. The lowest BCUT2D eigenvalue weighted by Gasteiger charge is -2.17. The Morgan fingerprint density at radius 3 is 3.06 bits per heavy atom. The number of H-pyrrole nitrogens is 1. The van der Waals surface area contributed by atoms with Crippen LogP contribution in [0.15, 0.2) is 23.0 Å². The summed E-state index contributed by atoms with van der Waals surface area (Å²) in [7, 11) is 0. The van der Waals surface area contributed by atoms with Gasteiger partial charge in [-0.05, 0) is 35.4 Å². The minimum absolute atomic E-state index is 0.0679. The molecule has 0 atom stereocenters. The SMILES string of the molecule is O=c1[nH]c2ccc(CCl)cc2c2c1CSCC2. The van der Waals surface area contributed by atoms with E-state index in [-0.39, 0.29) is 5.56 Å². The molecule has 0 fully saturated rings. The Kier molecular flexibility index (Phi) is 2.89. The number of thioether (sulfide) groups is 1. The molecule has 1 aromatic heterocycles. The molecule has 0 amide bonds. The number of rotatable bonds is 1. The van der Waals surface area contributed by atoms with E-state index < -0.39 is 0 Å². The van der Waals surface area contributed by atoms with E-state index in [1.807, 2.05) is 23.9 Å². The van der Waals surface area contributed by atoms with E-state index in [2.05, 4.69) is 11.1 Å². The fourth-order valence-corrected chi connectivity index (χ4v) is 3.49. The number of alkyl halides is 1. The fraction of sp³-hybridized carbons (Fsp3) is 0.308. The van der Waals surface area contributed by atoms with E-state index in [9.17, 15) is 4.79 Å². The van der Waals surface area contributed by atoms with Gasteiger partial charge in [-0.3, -0.25) is 4.79 Å². The molecule has 2 nitrogen and oxygen atoms in total. The van der Waals surface area contributed by atoms with Crippen molar-refractivity contribution in [2.24, 2.45) is 0 Å². The third kappa shape index (κ3) is 1.87. The fourth-order valence-electron chi connectivity index (χ4n) is 2.32. The molecule has 1 aromatic carbocycles. The number of pyridine rings is 1. The highest BCUT2D eigenvalue weighted by Gasteiger charge is 2.16. The summed E-state index contributed by atoms with van der Waals surface area (Å²) >= 11 is 7.69. The van der Waals surface area contributed by atoms with Crippen LogP contribution in [-0.2, 0) is 18.1 Å². The number of hydrogen-bond acceptors (Lipinski definition) is 2. The predicted molar refractivity (Wildman–Crippen MR) is 74.0 cm³/mol. The standard InChI is InChI=1S/C13H12ClNOS/c14-6-8-1-2-12-10(5-8)9-3-4-17-7-11(9)13(16)15-12/h1-2,5H,3-4,6-7H2,(H,15,16). The highest BCUT2D eigenvalue weighted by Crippen LogP contribution is 2.28. The van der Waals surface area contributed by atoms with Crippen molar-refractivity contribution in [3.8, 4) is 0 Å². The molecule has 4 heteroatoms. The topological polar surface area (TPSA) is 32.9 Å². The quantitative estimate of drug-likeness (QED) is 0.804.